The lowest BCUT2D eigenvalue weighted by Gasteiger charge is -2.16. The predicted octanol–water partition coefficient (Wildman–Crippen LogP) is 3.26. The highest BCUT2D eigenvalue weighted by Crippen LogP contribution is 2.23. The molecular formula is C21H21N5O2. The fourth-order valence-electron chi connectivity index (χ4n) is 3.31. The van der Waals surface area contributed by atoms with E-state index in [9.17, 15) is 9.59 Å². The van der Waals surface area contributed by atoms with Gasteiger partial charge in [0, 0.05) is 24.3 Å². The van der Waals surface area contributed by atoms with Gasteiger partial charge in [-0.1, -0.05) is 22.9 Å². The Morgan fingerprint density at radius 3 is 2.32 bits per heavy atom. The van der Waals surface area contributed by atoms with Gasteiger partial charge in [0.15, 0.2) is 5.69 Å². The topological polar surface area (TPSA) is 80.1 Å². The van der Waals surface area contributed by atoms with Crippen molar-refractivity contribution in [3.63, 3.8) is 0 Å². The summed E-state index contributed by atoms with van der Waals surface area (Å²) in [5, 5.41) is 11.0. The highest BCUT2D eigenvalue weighted by molar-refractivity contribution is 6.03. The van der Waals surface area contributed by atoms with E-state index in [1.165, 1.54) is 0 Å². The van der Waals surface area contributed by atoms with Crippen LogP contribution in [0.25, 0.3) is 5.69 Å². The summed E-state index contributed by atoms with van der Waals surface area (Å²) in [6.07, 6.45) is 1.47. The Morgan fingerprint density at radius 1 is 1.00 bits per heavy atom. The number of anilines is 2. The van der Waals surface area contributed by atoms with Crippen LogP contribution in [0.1, 0.15) is 34.6 Å². The van der Waals surface area contributed by atoms with Crippen LogP contribution in [0.2, 0.25) is 0 Å². The van der Waals surface area contributed by atoms with Crippen molar-refractivity contribution in [3.05, 3.63) is 65.5 Å². The number of carbonyl (C=O) groups excluding carboxylic acids is 2. The van der Waals surface area contributed by atoms with Crippen LogP contribution >= 0.6 is 0 Å². The molecule has 28 heavy (non-hydrogen) atoms. The summed E-state index contributed by atoms with van der Waals surface area (Å²) in [4.78, 5) is 26.2. The molecule has 1 N–H and O–H groups in total. The van der Waals surface area contributed by atoms with Crippen LogP contribution in [-0.4, -0.2) is 33.4 Å². The SMILES string of the molecule is Cc1ccc(-n2nnc(C(=O)Nc3ccc(N4CCCC4=O)cc3)c2C)cc1. The summed E-state index contributed by atoms with van der Waals surface area (Å²) in [5.74, 6) is -0.180. The number of hydrogen-bond acceptors (Lipinski definition) is 4. The van der Waals surface area contributed by atoms with Crippen LogP contribution in [-0.2, 0) is 4.79 Å². The Morgan fingerprint density at radius 2 is 1.68 bits per heavy atom. The Hall–Kier alpha value is -3.48. The van der Waals surface area contributed by atoms with Crippen molar-refractivity contribution in [2.24, 2.45) is 0 Å². The molecule has 1 aromatic heterocycles. The molecule has 1 fully saturated rings. The Balaban J connectivity index is 1.49. The van der Waals surface area contributed by atoms with Crippen molar-refractivity contribution in [3.8, 4) is 5.69 Å². The number of hydrogen-bond donors (Lipinski definition) is 1. The summed E-state index contributed by atoms with van der Waals surface area (Å²) >= 11 is 0. The normalized spacial score (nSPS) is 13.8. The second-order valence-corrected chi connectivity index (χ2v) is 6.92. The molecule has 0 radical (unpaired) electrons. The smallest absolute Gasteiger partial charge is 0.278 e. The fourth-order valence-corrected chi connectivity index (χ4v) is 3.31. The molecule has 0 atom stereocenters. The van der Waals surface area contributed by atoms with Crippen LogP contribution in [0.5, 0.6) is 0 Å². The molecule has 3 aromatic rings. The maximum atomic E-state index is 12.6. The average Bonchev–Trinajstić information content (AvgIpc) is 3.29. The third-order valence-corrected chi connectivity index (χ3v) is 4.90. The van der Waals surface area contributed by atoms with E-state index in [-0.39, 0.29) is 17.5 Å². The molecule has 1 aliphatic heterocycles. The van der Waals surface area contributed by atoms with Gasteiger partial charge in [-0.15, -0.1) is 5.10 Å². The molecule has 0 bridgehead atoms. The van der Waals surface area contributed by atoms with Gasteiger partial charge >= 0.3 is 0 Å². The summed E-state index contributed by atoms with van der Waals surface area (Å²) in [5.41, 5.74) is 4.44. The summed E-state index contributed by atoms with van der Waals surface area (Å²) < 4.78 is 1.65. The molecule has 2 aromatic carbocycles. The van der Waals surface area contributed by atoms with E-state index in [4.69, 9.17) is 0 Å². The van der Waals surface area contributed by atoms with Gasteiger partial charge in [0.2, 0.25) is 5.91 Å². The van der Waals surface area contributed by atoms with Crippen molar-refractivity contribution >= 4 is 23.2 Å². The second-order valence-electron chi connectivity index (χ2n) is 6.92. The van der Waals surface area contributed by atoms with Crippen LogP contribution < -0.4 is 10.2 Å². The van der Waals surface area contributed by atoms with Crippen molar-refractivity contribution < 1.29 is 9.59 Å². The Bertz CT molecular complexity index is 1020. The van der Waals surface area contributed by atoms with Crippen LogP contribution in [0.3, 0.4) is 0 Å². The number of aryl methyl sites for hydroxylation is 1. The average molecular weight is 375 g/mol. The molecular weight excluding hydrogens is 354 g/mol. The monoisotopic (exact) mass is 375 g/mol. The van der Waals surface area contributed by atoms with E-state index in [0.29, 0.717) is 17.8 Å². The quantitative estimate of drug-likeness (QED) is 0.759. The van der Waals surface area contributed by atoms with Crippen LogP contribution in [0.15, 0.2) is 48.5 Å². The van der Waals surface area contributed by atoms with Gasteiger partial charge in [-0.05, 0) is 56.7 Å². The molecule has 2 amide bonds. The van der Waals surface area contributed by atoms with E-state index in [1.54, 1.807) is 21.7 Å². The zero-order valence-corrected chi connectivity index (χ0v) is 15.8. The number of amides is 2. The molecule has 0 aliphatic carbocycles. The van der Waals surface area contributed by atoms with Crippen molar-refractivity contribution in [2.45, 2.75) is 26.7 Å². The lowest BCUT2D eigenvalue weighted by molar-refractivity contribution is -0.117. The number of nitrogens with zero attached hydrogens (tertiary/aromatic N) is 4. The lowest BCUT2D eigenvalue weighted by Crippen LogP contribution is -2.23. The molecule has 142 valence electrons. The molecule has 7 nitrogen and oxygen atoms in total. The van der Waals surface area contributed by atoms with Gasteiger partial charge in [-0.3, -0.25) is 9.59 Å². The maximum absolute atomic E-state index is 12.6. The summed E-state index contributed by atoms with van der Waals surface area (Å²) in [6.45, 7) is 4.57. The molecule has 1 aliphatic rings. The van der Waals surface area contributed by atoms with Crippen LogP contribution in [0, 0.1) is 13.8 Å². The molecule has 0 spiro atoms. The molecule has 1 saturated heterocycles. The van der Waals surface area contributed by atoms with E-state index >= 15 is 0 Å². The van der Waals surface area contributed by atoms with E-state index < -0.39 is 0 Å². The molecule has 7 heteroatoms. The van der Waals surface area contributed by atoms with Crippen molar-refractivity contribution in [2.75, 3.05) is 16.8 Å². The third-order valence-electron chi connectivity index (χ3n) is 4.90. The minimum atomic E-state index is -0.319. The predicted molar refractivity (Wildman–Crippen MR) is 107 cm³/mol. The van der Waals surface area contributed by atoms with Gasteiger partial charge < -0.3 is 10.2 Å². The minimum Gasteiger partial charge on any atom is -0.321 e. The van der Waals surface area contributed by atoms with Crippen molar-refractivity contribution in [1.82, 2.24) is 15.0 Å². The number of aromatic nitrogens is 3. The van der Waals surface area contributed by atoms with E-state index in [0.717, 1.165) is 29.9 Å². The molecule has 4 rings (SSSR count). The van der Waals surface area contributed by atoms with Gasteiger partial charge in [0.05, 0.1) is 11.4 Å². The number of rotatable bonds is 4. The van der Waals surface area contributed by atoms with Gasteiger partial charge in [-0.25, -0.2) is 4.68 Å². The highest BCUT2D eigenvalue weighted by atomic mass is 16.2. The maximum Gasteiger partial charge on any atom is 0.278 e. The molecule has 2 heterocycles. The van der Waals surface area contributed by atoms with Gasteiger partial charge in [-0.2, -0.15) is 0 Å². The third kappa shape index (κ3) is 3.38. The molecule has 0 saturated carbocycles. The minimum absolute atomic E-state index is 0.139. The molecule has 0 unspecified atom stereocenters. The van der Waals surface area contributed by atoms with Gasteiger partial charge in [0.1, 0.15) is 0 Å². The summed E-state index contributed by atoms with van der Waals surface area (Å²) in [7, 11) is 0. The fraction of sp³-hybridized carbons (Fsp3) is 0.238. The second kappa shape index (κ2) is 7.26. The Kier molecular flexibility index (Phi) is 4.65. The highest BCUT2D eigenvalue weighted by Gasteiger charge is 2.22. The Labute approximate surface area is 163 Å². The van der Waals surface area contributed by atoms with E-state index in [1.807, 2.05) is 50.2 Å². The van der Waals surface area contributed by atoms with E-state index in [2.05, 4.69) is 15.6 Å². The first kappa shape index (κ1) is 17.9. The standard InChI is InChI=1S/C21H21N5O2/c1-14-5-9-18(10-6-14)26-15(2)20(23-24-26)21(28)22-16-7-11-17(12-8-16)25-13-3-4-19(25)27/h5-12H,3-4,13H2,1-2H3,(H,22,28). The van der Waals surface area contributed by atoms with Crippen molar-refractivity contribution in [1.29, 1.82) is 0 Å². The zero-order chi connectivity index (χ0) is 19.7. The lowest BCUT2D eigenvalue weighted by atomic mass is 10.2. The first-order valence-electron chi connectivity index (χ1n) is 9.24. The number of carbonyl (C=O) groups is 2. The first-order chi connectivity index (χ1) is 13.5. The largest absolute Gasteiger partial charge is 0.321 e. The number of nitrogens with one attached hydrogen (secondary N) is 1. The first-order valence-corrected chi connectivity index (χ1v) is 9.24. The van der Waals surface area contributed by atoms with Gasteiger partial charge in [0.25, 0.3) is 5.91 Å². The zero-order valence-electron chi connectivity index (χ0n) is 15.8. The summed E-state index contributed by atoms with van der Waals surface area (Å²) in [6, 6.07) is 15.1. The van der Waals surface area contributed by atoms with Crippen LogP contribution in [0.4, 0.5) is 11.4 Å². The number of benzene rings is 2.